The van der Waals surface area contributed by atoms with Gasteiger partial charge < -0.3 is 20.3 Å². The zero-order valence-corrected chi connectivity index (χ0v) is 11.9. The quantitative estimate of drug-likeness (QED) is 0.734. The summed E-state index contributed by atoms with van der Waals surface area (Å²) in [7, 11) is 3.45. The van der Waals surface area contributed by atoms with Crippen molar-refractivity contribution >= 4 is 6.03 Å². The Kier molecular flexibility index (Phi) is 6.74. The van der Waals surface area contributed by atoms with E-state index < -0.39 is 0 Å². The molecule has 0 saturated carbocycles. The van der Waals surface area contributed by atoms with Crippen LogP contribution in [-0.4, -0.2) is 44.7 Å². The molecule has 0 unspecified atom stereocenters. The van der Waals surface area contributed by atoms with Crippen molar-refractivity contribution in [3.8, 4) is 5.75 Å². The molecular weight excluding hydrogens is 242 g/mol. The van der Waals surface area contributed by atoms with Crippen LogP contribution in [0.3, 0.4) is 0 Å². The number of nitrogens with one attached hydrogen (secondary N) is 2. The minimum atomic E-state index is -0.0727. The predicted octanol–water partition coefficient (Wildman–Crippen LogP) is 1.45. The smallest absolute Gasteiger partial charge is 0.316 e. The third kappa shape index (κ3) is 5.61. The predicted molar refractivity (Wildman–Crippen MR) is 76.4 cm³/mol. The van der Waals surface area contributed by atoms with Gasteiger partial charge in [-0.05, 0) is 13.0 Å². The summed E-state index contributed by atoms with van der Waals surface area (Å²) in [5, 5.41) is 6.08. The van der Waals surface area contributed by atoms with E-state index >= 15 is 0 Å². The van der Waals surface area contributed by atoms with Crippen molar-refractivity contribution in [2.75, 3.05) is 33.8 Å². The first-order valence-corrected chi connectivity index (χ1v) is 6.51. The topological polar surface area (TPSA) is 53.6 Å². The van der Waals surface area contributed by atoms with Gasteiger partial charge in [0.25, 0.3) is 0 Å². The number of carbonyl (C=O) groups excluding carboxylic acids is 1. The lowest BCUT2D eigenvalue weighted by molar-refractivity contribution is 0.217. The molecule has 1 rings (SSSR count). The summed E-state index contributed by atoms with van der Waals surface area (Å²) < 4.78 is 5.55. The summed E-state index contributed by atoms with van der Waals surface area (Å²) in [5.41, 5.74) is 1.13. The molecule has 0 saturated heterocycles. The Morgan fingerprint density at radius 2 is 2.00 bits per heavy atom. The second-order valence-electron chi connectivity index (χ2n) is 4.34. The Hall–Kier alpha value is -1.75. The maximum absolute atomic E-state index is 11.3. The summed E-state index contributed by atoms with van der Waals surface area (Å²) in [6.45, 7) is 4.69. The van der Waals surface area contributed by atoms with Gasteiger partial charge >= 0.3 is 6.03 Å². The van der Waals surface area contributed by atoms with Gasteiger partial charge in [0, 0.05) is 39.3 Å². The molecule has 1 aromatic carbocycles. The van der Waals surface area contributed by atoms with Crippen molar-refractivity contribution in [1.82, 2.24) is 15.5 Å². The molecule has 0 radical (unpaired) electrons. The molecule has 0 aromatic heterocycles. The SMILES string of the molecule is CCOc1ccccc1CNCCNC(=O)N(C)C. The van der Waals surface area contributed by atoms with E-state index in [0.717, 1.165) is 24.4 Å². The molecule has 0 atom stereocenters. The van der Waals surface area contributed by atoms with Crippen molar-refractivity contribution < 1.29 is 9.53 Å². The summed E-state index contributed by atoms with van der Waals surface area (Å²) in [6.07, 6.45) is 0. The molecular formula is C14H23N3O2. The Labute approximate surface area is 114 Å². The number of hydrogen-bond acceptors (Lipinski definition) is 3. The first-order chi connectivity index (χ1) is 9.15. The fraction of sp³-hybridized carbons (Fsp3) is 0.500. The van der Waals surface area contributed by atoms with Crippen molar-refractivity contribution in [3.63, 3.8) is 0 Å². The van der Waals surface area contributed by atoms with Crippen LogP contribution in [0.5, 0.6) is 5.75 Å². The van der Waals surface area contributed by atoms with Gasteiger partial charge in [0.15, 0.2) is 0 Å². The highest BCUT2D eigenvalue weighted by Gasteiger charge is 2.03. The van der Waals surface area contributed by atoms with Crippen LogP contribution in [0.25, 0.3) is 0 Å². The van der Waals surface area contributed by atoms with Gasteiger partial charge in [0.1, 0.15) is 5.75 Å². The van der Waals surface area contributed by atoms with Crippen LogP contribution in [-0.2, 0) is 6.54 Å². The van der Waals surface area contributed by atoms with Crippen molar-refractivity contribution in [1.29, 1.82) is 0 Å². The molecule has 2 N–H and O–H groups in total. The first-order valence-electron chi connectivity index (χ1n) is 6.51. The molecule has 0 bridgehead atoms. The van der Waals surface area contributed by atoms with Crippen LogP contribution in [0.4, 0.5) is 4.79 Å². The van der Waals surface area contributed by atoms with Gasteiger partial charge in [0.2, 0.25) is 0 Å². The average Bonchev–Trinajstić information content (AvgIpc) is 2.40. The van der Waals surface area contributed by atoms with Crippen LogP contribution in [0.15, 0.2) is 24.3 Å². The number of amides is 2. The number of carbonyl (C=O) groups is 1. The highest BCUT2D eigenvalue weighted by atomic mass is 16.5. The third-order valence-electron chi connectivity index (χ3n) is 2.57. The minimum absolute atomic E-state index is 0.0727. The van der Waals surface area contributed by atoms with E-state index in [0.29, 0.717) is 13.2 Å². The Bertz CT molecular complexity index is 394. The van der Waals surface area contributed by atoms with Crippen LogP contribution in [0.2, 0.25) is 0 Å². The van der Waals surface area contributed by atoms with E-state index in [1.54, 1.807) is 14.1 Å². The normalized spacial score (nSPS) is 10.1. The molecule has 1 aromatic rings. The zero-order valence-electron chi connectivity index (χ0n) is 11.9. The largest absolute Gasteiger partial charge is 0.494 e. The number of ether oxygens (including phenoxy) is 1. The molecule has 2 amide bonds. The molecule has 0 spiro atoms. The molecule has 0 aliphatic rings. The summed E-state index contributed by atoms with van der Waals surface area (Å²) in [5.74, 6) is 0.912. The van der Waals surface area contributed by atoms with Gasteiger partial charge in [-0.1, -0.05) is 18.2 Å². The maximum Gasteiger partial charge on any atom is 0.316 e. The van der Waals surface area contributed by atoms with E-state index in [-0.39, 0.29) is 6.03 Å². The van der Waals surface area contributed by atoms with Gasteiger partial charge in [-0.15, -0.1) is 0 Å². The number of hydrogen-bond donors (Lipinski definition) is 2. The molecule has 0 heterocycles. The van der Waals surface area contributed by atoms with Crippen molar-refractivity contribution in [2.24, 2.45) is 0 Å². The van der Waals surface area contributed by atoms with Crippen LogP contribution in [0, 0.1) is 0 Å². The second-order valence-corrected chi connectivity index (χ2v) is 4.34. The highest BCUT2D eigenvalue weighted by Crippen LogP contribution is 2.17. The summed E-state index contributed by atoms with van der Waals surface area (Å²) >= 11 is 0. The van der Waals surface area contributed by atoms with E-state index in [4.69, 9.17) is 4.74 Å². The maximum atomic E-state index is 11.3. The Balaban J connectivity index is 2.28. The van der Waals surface area contributed by atoms with Gasteiger partial charge in [-0.3, -0.25) is 0 Å². The molecule has 0 fully saturated rings. The third-order valence-corrected chi connectivity index (χ3v) is 2.57. The van der Waals surface area contributed by atoms with Crippen LogP contribution >= 0.6 is 0 Å². The standard InChI is InChI=1S/C14H23N3O2/c1-4-19-13-8-6-5-7-12(13)11-15-9-10-16-14(18)17(2)3/h5-8,15H,4,9-11H2,1-3H3,(H,16,18). The van der Waals surface area contributed by atoms with Gasteiger partial charge in [-0.2, -0.15) is 0 Å². The van der Waals surface area contributed by atoms with Gasteiger partial charge in [-0.25, -0.2) is 4.79 Å². The Morgan fingerprint density at radius 3 is 2.68 bits per heavy atom. The minimum Gasteiger partial charge on any atom is -0.494 e. The Morgan fingerprint density at radius 1 is 1.26 bits per heavy atom. The van der Waals surface area contributed by atoms with E-state index in [2.05, 4.69) is 10.6 Å². The number of benzene rings is 1. The van der Waals surface area contributed by atoms with E-state index in [9.17, 15) is 4.79 Å². The zero-order chi connectivity index (χ0) is 14.1. The van der Waals surface area contributed by atoms with E-state index in [1.165, 1.54) is 4.90 Å². The number of nitrogens with zero attached hydrogens (tertiary/aromatic N) is 1. The number of rotatable bonds is 7. The molecule has 0 aliphatic carbocycles. The average molecular weight is 265 g/mol. The lowest BCUT2D eigenvalue weighted by Gasteiger charge is -2.13. The fourth-order valence-electron chi connectivity index (χ4n) is 1.59. The fourth-order valence-corrected chi connectivity index (χ4v) is 1.59. The van der Waals surface area contributed by atoms with Crippen molar-refractivity contribution in [3.05, 3.63) is 29.8 Å². The monoisotopic (exact) mass is 265 g/mol. The first kappa shape index (κ1) is 15.3. The molecule has 106 valence electrons. The van der Waals surface area contributed by atoms with Crippen LogP contribution < -0.4 is 15.4 Å². The summed E-state index contributed by atoms with van der Waals surface area (Å²) in [6, 6.07) is 7.89. The summed E-state index contributed by atoms with van der Waals surface area (Å²) in [4.78, 5) is 12.8. The van der Waals surface area contributed by atoms with Crippen molar-refractivity contribution in [2.45, 2.75) is 13.5 Å². The molecule has 5 nitrogen and oxygen atoms in total. The van der Waals surface area contributed by atoms with E-state index in [1.807, 2.05) is 31.2 Å². The molecule has 19 heavy (non-hydrogen) atoms. The number of para-hydroxylation sites is 1. The lowest BCUT2D eigenvalue weighted by Crippen LogP contribution is -2.38. The second kappa shape index (κ2) is 8.37. The van der Waals surface area contributed by atoms with Crippen LogP contribution in [0.1, 0.15) is 12.5 Å². The number of urea groups is 1. The molecule has 5 heteroatoms. The highest BCUT2D eigenvalue weighted by molar-refractivity contribution is 5.73. The lowest BCUT2D eigenvalue weighted by atomic mass is 10.2. The molecule has 0 aliphatic heterocycles. The van der Waals surface area contributed by atoms with Gasteiger partial charge in [0.05, 0.1) is 6.61 Å².